The predicted octanol–water partition coefficient (Wildman–Crippen LogP) is 2.64. The Morgan fingerprint density at radius 2 is 1.83 bits per heavy atom. The molecule has 0 fully saturated rings. The maximum Gasteiger partial charge on any atom is 0.221 e. The number of nitriles is 1. The maximum atomic E-state index is 12.1. The molecule has 0 aliphatic rings. The number of hydrogen-bond donors (Lipinski definition) is 0. The summed E-state index contributed by atoms with van der Waals surface area (Å²) in [5, 5.41) is 9.00. The van der Waals surface area contributed by atoms with E-state index in [-0.39, 0.29) is 11.5 Å². The molecule has 1 aromatic carbocycles. The quantitative estimate of drug-likeness (QED) is 0.606. The lowest BCUT2D eigenvalue weighted by atomic mass is 10.1. The number of benzene rings is 1. The van der Waals surface area contributed by atoms with E-state index in [1.807, 2.05) is 26.8 Å². The van der Waals surface area contributed by atoms with Crippen LogP contribution in [0.25, 0.3) is 0 Å². The van der Waals surface area contributed by atoms with Gasteiger partial charge in [0.15, 0.2) is 5.71 Å². The molecule has 4 nitrogen and oxygen atoms in total. The molecule has 0 aliphatic carbocycles. The standard InChI is InChI=1S/C14H16N2O2/c1-14(2,3)16-12(9-15)13(17)10-5-7-11(18-4)8-6-10/h5-8H,1-4H3/b16-12+. The van der Waals surface area contributed by atoms with Crippen LogP contribution in [0.4, 0.5) is 0 Å². The summed E-state index contributed by atoms with van der Waals surface area (Å²) in [5.74, 6) is 0.299. The van der Waals surface area contributed by atoms with E-state index in [0.717, 1.165) is 0 Å². The lowest BCUT2D eigenvalue weighted by molar-refractivity contribution is 0.106. The number of ether oxygens (including phenoxy) is 1. The molecule has 0 aliphatic heterocycles. The molecule has 0 spiro atoms. The zero-order valence-corrected chi connectivity index (χ0v) is 11.0. The fraction of sp³-hybridized carbons (Fsp3) is 0.357. The third-order valence-electron chi connectivity index (χ3n) is 2.12. The van der Waals surface area contributed by atoms with Crippen molar-refractivity contribution in [2.75, 3.05) is 7.11 Å². The number of carbonyl (C=O) groups is 1. The van der Waals surface area contributed by atoms with Gasteiger partial charge in [-0.25, -0.2) is 0 Å². The lowest BCUT2D eigenvalue weighted by Crippen LogP contribution is -2.19. The van der Waals surface area contributed by atoms with Gasteiger partial charge in [-0.1, -0.05) is 0 Å². The Morgan fingerprint density at radius 3 is 2.22 bits per heavy atom. The molecular weight excluding hydrogens is 228 g/mol. The third kappa shape index (κ3) is 3.70. The fourth-order valence-corrected chi connectivity index (χ4v) is 1.34. The Bertz CT molecular complexity index is 502. The van der Waals surface area contributed by atoms with Gasteiger partial charge in [0.05, 0.1) is 12.6 Å². The van der Waals surface area contributed by atoms with E-state index in [0.29, 0.717) is 11.3 Å². The van der Waals surface area contributed by atoms with Gasteiger partial charge in [0, 0.05) is 5.56 Å². The van der Waals surface area contributed by atoms with Gasteiger partial charge in [0.2, 0.25) is 5.78 Å². The molecule has 0 amide bonds. The summed E-state index contributed by atoms with van der Waals surface area (Å²) in [7, 11) is 1.55. The van der Waals surface area contributed by atoms with Crippen LogP contribution in [0.15, 0.2) is 29.3 Å². The SMILES string of the molecule is COc1ccc(C(=O)/C(C#N)=N/C(C)(C)C)cc1. The number of nitrogens with zero attached hydrogens (tertiary/aromatic N) is 2. The van der Waals surface area contributed by atoms with Gasteiger partial charge < -0.3 is 4.74 Å². The highest BCUT2D eigenvalue weighted by molar-refractivity contribution is 6.51. The van der Waals surface area contributed by atoms with E-state index in [9.17, 15) is 4.79 Å². The molecule has 0 N–H and O–H groups in total. The van der Waals surface area contributed by atoms with Crippen molar-refractivity contribution >= 4 is 11.5 Å². The number of Topliss-reactive ketones (excluding diaryl/α,β-unsaturated/α-hetero) is 1. The number of rotatable bonds is 3. The monoisotopic (exact) mass is 244 g/mol. The largest absolute Gasteiger partial charge is 0.497 e. The van der Waals surface area contributed by atoms with Gasteiger partial charge in [-0.3, -0.25) is 9.79 Å². The molecule has 1 rings (SSSR count). The van der Waals surface area contributed by atoms with Crippen LogP contribution >= 0.6 is 0 Å². The second kappa shape index (κ2) is 5.46. The molecule has 1 aromatic rings. The Labute approximate surface area is 107 Å². The zero-order valence-electron chi connectivity index (χ0n) is 11.0. The Hall–Kier alpha value is -2.15. The van der Waals surface area contributed by atoms with E-state index in [1.165, 1.54) is 0 Å². The lowest BCUT2D eigenvalue weighted by Gasteiger charge is -2.12. The van der Waals surface area contributed by atoms with Gasteiger partial charge in [-0.15, -0.1) is 0 Å². The number of hydrogen-bond acceptors (Lipinski definition) is 4. The number of methoxy groups -OCH3 is 1. The van der Waals surface area contributed by atoms with Crippen molar-refractivity contribution in [3.05, 3.63) is 29.8 Å². The Balaban J connectivity index is 3.05. The normalized spacial score (nSPS) is 11.8. The van der Waals surface area contributed by atoms with Crippen LogP contribution in [-0.2, 0) is 0 Å². The molecule has 0 saturated heterocycles. The number of carbonyl (C=O) groups excluding carboxylic acids is 1. The van der Waals surface area contributed by atoms with Crippen LogP contribution in [0.3, 0.4) is 0 Å². The minimum Gasteiger partial charge on any atom is -0.497 e. The van der Waals surface area contributed by atoms with E-state index < -0.39 is 5.54 Å². The van der Waals surface area contributed by atoms with Crippen LogP contribution in [0, 0.1) is 11.3 Å². The number of ketones is 1. The number of aliphatic imine (C=N–C) groups is 1. The van der Waals surface area contributed by atoms with Crippen molar-refractivity contribution in [3.8, 4) is 11.8 Å². The summed E-state index contributed by atoms with van der Waals surface area (Å²) in [5.41, 5.74) is -0.0966. The highest BCUT2D eigenvalue weighted by Gasteiger charge is 2.17. The van der Waals surface area contributed by atoms with Crippen LogP contribution in [0.5, 0.6) is 5.75 Å². The first-order valence-corrected chi connectivity index (χ1v) is 5.56. The second-order valence-electron chi connectivity index (χ2n) is 4.80. The third-order valence-corrected chi connectivity index (χ3v) is 2.12. The highest BCUT2D eigenvalue weighted by Crippen LogP contribution is 2.14. The van der Waals surface area contributed by atoms with E-state index in [4.69, 9.17) is 10.00 Å². The van der Waals surface area contributed by atoms with Crippen LogP contribution in [-0.4, -0.2) is 24.1 Å². The molecule has 0 atom stereocenters. The van der Waals surface area contributed by atoms with Crippen molar-refractivity contribution in [1.82, 2.24) is 0 Å². The van der Waals surface area contributed by atoms with Crippen molar-refractivity contribution in [2.24, 2.45) is 4.99 Å². The first-order chi connectivity index (χ1) is 8.37. The Morgan fingerprint density at radius 1 is 1.28 bits per heavy atom. The highest BCUT2D eigenvalue weighted by atomic mass is 16.5. The summed E-state index contributed by atoms with van der Waals surface area (Å²) < 4.78 is 5.01. The zero-order chi connectivity index (χ0) is 13.8. The molecular formula is C14H16N2O2. The van der Waals surface area contributed by atoms with Gasteiger partial charge in [-0.05, 0) is 45.0 Å². The summed E-state index contributed by atoms with van der Waals surface area (Å²) in [4.78, 5) is 16.2. The van der Waals surface area contributed by atoms with Gasteiger partial charge in [0.1, 0.15) is 11.8 Å². The van der Waals surface area contributed by atoms with Crippen LogP contribution in [0.2, 0.25) is 0 Å². The van der Waals surface area contributed by atoms with E-state index >= 15 is 0 Å². The first-order valence-electron chi connectivity index (χ1n) is 5.56. The molecule has 4 heteroatoms. The molecule has 0 saturated carbocycles. The molecule has 18 heavy (non-hydrogen) atoms. The minimum absolute atomic E-state index is 0.0762. The summed E-state index contributed by atoms with van der Waals surface area (Å²) in [6.07, 6.45) is 0. The van der Waals surface area contributed by atoms with Crippen molar-refractivity contribution in [3.63, 3.8) is 0 Å². The van der Waals surface area contributed by atoms with Gasteiger partial charge in [0.25, 0.3) is 0 Å². The summed E-state index contributed by atoms with van der Waals surface area (Å²) >= 11 is 0. The average molecular weight is 244 g/mol. The average Bonchev–Trinajstić information content (AvgIpc) is 2.34. The van der Waals surface area contributed by atoms with Crippen molar-refractivity contribution in [1.29, 1.82) is 5.26 Å². The van der Waals surface area contributed by atoms with E-state index in [2.05, 4.69) is 4.99 Å². The molecule has 0 radical (unpaired) electrons. The van der Waals surface area contributed by atoms with Crippen molar-refractivity contribution < 1.29 is 9.53 Å². The molecule has 94 valence electrons. The molecule has 0 heterocycles. The van der Waals surface area contributed by atoms with Crippen molar-refractivity contribution in [2.45, 2.75) is 26.3 Å². The smallest absolute Gasteiger partial charge is 0.221 e. The Kier molecular flexibility index (Phi) is 4.22. The van der Waals surface area contributed by atoms with Gasteiger partial charge >= 0.3 is 0 Å². The van der Waals surface area contributed by atoms with Gasteiger partial charge in [-0.2, -0.15) is 5.26 Å². The molecule has 0 unspecified atom stereocenters. The molecule has 0 aromatic heterocycles. The molecule has 0 bridgehead atoms. The minimum atomic E-state index is -0.451. The predicted molar refractivity (Wildman–Crippen MR) is 70.1 cm³/mol. The fourth-order valence-electron chi connectivity index (χ4n) is 1.34. The van der Waals surface area contributed by atoms with Crippen LogP contribution < -0.4 is 4.74 Å². The summed E-state index contributed by atoms with van der Waals surface area (Å²) in [6.45, 7) is 5.52. The summed E-state index contributed by atoms with van der Waals surface area (Å²) in [6, 6.07) is 8.46. The van der Waals surface area contributed by atoms with E-state index in [1.54, 1.807) is 31.4 Å². The second-order valence-corrected chi connectivity index (χ2v) is 4.80. The maximum absolute atomic E-state index is 12.1. The first kappa shape index (κ1) is 13.9. The van der Waals surface area contributed by atoms with Crippen LogP contribution in [0.1, 0.15) is 31.1 Å². The topological polar surface area (TPSA) is 62.5 Å².